The van der Waals surface area contributed by atoms with Crippen LogP contribution in [0.15, 0.2) is 53.4 Å². The van der Waals surface area contributed by atoms with Crippen molar-refractivity contribution in [3.05, 3.63) is 63.7 Å². The smallest absolute Gasteiger partial charge is 0.317 e. The number of anilines is 1. The van der Waals surface area contributed by atoms with Gasteiger partial charge in [0.1, 0.15) is 0 Å². The molecular weight excluding hydrogens is 380 g/mol. The number of nitrogens with zero attached hydrogens (tertiary/aromatic N) is 1. The van der Waals surface area contributed by atoms with E-state index in [1.165, 1.54) is 13.0 Å². The van der Waals surface area contributed by atoms with Crippen LogP contribution in [0.2, 0.25) is 5.02 Å². The molecule has 0 fully saturated rings. The van der Waals surface area contributed by atoms with Crippen molar-refractivity contribution in [1.29, 1.82) is 0 Å². The van der Waals surface area contributed by atoms with Gasteiger partial charge in [-0.25, -0.2) is 0 Å². The molecule has 0 heterocycles. The number of hydrogen-bond acceptors (Lipinski definition) is 6. The van der Waals surface area contributed by atoms with Gasteiger partial charge in [0.15, 0.2) is 6.10 Å². The second kappa shape index (κ2) is 9.21. The quantitative estimate of drug-likeness (QED) is 0.331. The van der Waals surface area contributed by atoms with E-state index in [1.807, 2.05) is 0 Å². The molecule has 2 rings (SSSR count). The van der Waals surface area contributed by atoms with E-state index in [0.29, 0.717) is 15.6 Å². The minimum atomic E-state index is -1.02. The summed E-state index contributed by atoms with van der Waals surface area (Å²) < 4.78 is 5.06. The Balaban J connectivity index is 1.87. The number of rotatable bonds is 7. The first-order chi connectivity index (χ1) is 12.4. The zero-order valence-electron chi connectivity index (χ0n) is 13.7. The predicted molar refractivity (Wildman–Crippen MR) is 99.5 cm³/mol. The number of nitrogens with one attached hydrogen (secondary N) is 1. The number of carbonyl (C=O) groups excluding carboxylic acids is 2. The summed E-state index contributed by atoms with van der Waals surface area (Å²) in [6, 6.07) is 12.7. The fraction of sp³-hybridized carbons (Fsp3) is 0.176. The number of carbonyl (C=O) groups is 2. The number of para-hydroxylation sites is 1. The summed E-state index contributed by atoms with van der Waals surface area (Å²) in [7, 11) is 0. The minimum absolute atomic E-state index is 0.0861. The average molecular weight is 395 g/mol. The maximum atomic E-state index is 12.0. The first-order valence-electron chi connectivity index (χ1n) is 7.49. The number of hydrogen-bond donors (Lipinski definition) is 1. The lowest BCUT2D eigenvalue weighted by molar-refractivity contribution is -0.387. The fourth-order valence-electron chi connectivity index (χ4n) is 1.96. The van der Waals surface area contributed by atoms with Gasteiger partial charge in [0, 0.05) is 16.8 Å². The Morgan fingerprint density at radius 1 is 1.27 bits per heavy atom. The van der Waals surface area contributed by atoms with Gasteiger partial charge < -0.3 is 10.1 Å². The highest BCUT2D eigenvalue weighted by Crippen LogP contribution is 2.28. The van der Waals surface area contributed by atoms with Gasteiger partial charge >= 0.3 is 5.97 Å². The topological polar surface area (TPSA) is 98.5 Å². The Kier molecular flexibility index (Phi) is 6.99. The lowest BCUT2D eigenvalue weighted by atomic mass is 10.3. The van der Waals surface area contributed by atoms with Gasteiger partial charge in [0.2, 0.25) is 0 Å². The van der Waals surface area contributed by atoms with E-state index in [2.05, 4.69) is 5.32 Å². The molecule has 0 unspecified atom stereocenters. The number of benzene rings is 2. The molecule has 7 nitrogen and oxygen atoms in total. The number of thioether (sulfide) groups is 1. The maximum Gasteiger partial charge on any atom is 0.317 e. The first kappa shape index (κ1) is 19.7. The summed E-state index contributed by atoms with van der Waals surface area (Å²) >= 11 is 6.82. The summed E-state index contributed by atoms with van der Waals surface area (Å²) in [5.41, 5.74) is 0.400. The molecular formula is C17H15ClN2O5S. The second-order valence-corrected chi connectivity index (χ2v) is 6.60. The van der Waals surface area contributed by atoms with Crippen LogP contribution in [-0.4, -0.2) is 28.7 Å². The van der Waals surface area contributed by atoms with Gasteiger partial charge in [-0.2, -0.15) is 0 Å². The van der Waals surface area contributed by atoms with Crippen molar-refractivity contribution >= 4 is 46.6 Å². The van der Waals surface area contributed by atoms with Crippen LogP contribution in [0.3, 0.4) is 0 Å². The van der Waals surface area contributed by atoms with E-state index < -0.39 is 22.9 Å². The zero-order chi connectivity index (χ0) is 19.1. The summed E-state index contributed by atoms with van der Waals surface area (Å²) in [5.74, 6) is -1.31. The summed E-state index contributed by atoms with van der Waals surface area (Å²) in [5, 5.41) is 14.0. The summed E-state index contributed by atoms with van der Waals surface area (Å²) in [6.07, 6.45) is -1.02. The lowest BCUT2D eigenvalue weighted by Gasteiger charge is -2.13. The normalized spacial score (nSPS) is 11.5. The number of nitro groups is 1. The summed E-state index contributed by atoms with van der Waals surface area (Å²) in [6.45, 7) is 1.44. The van der Waals surface area contributed by atoms with Crippen molar-refractivity contribution < 1.29 is 19.2 Å². The van der Waals surface area contributed by atoms with Crippen molar-refractivity contribution in [3.8, 4) is 0 Å². The molecule has 0 radical (unpaired) electrons. The first-order valence-corrected chi connectivity index (χ1v) is 8.85. The summed E-state index contributed by atoms with van der Waals surface area (Å²) in [4.78, 5) is 34.7. The van der Waals surface area contributed by atoms with Crippen LogP contribution in [0.5, 0.6) is 0 Å². The molecule has 0 aliphatic rings. The molecule has 26 heavy (non-hydrogen) atoms. The van der Waals surface area contributed by atoms with Crippen LogP contribution in [0.4, 0.5) is 11.4 Å². The van der Waals surface area contributed by atoms with E-state index in [4.69, 9.17) is 16.3 Å². The van der Waals surface area contributed by atoms with Crippen molar-refractivity contribution in [1.82, 2.24) is 0 Å². The Bertz CT molecular complexity index is 830. The van der Waals surface area contributed by atoms with Gasteiger partial charge in [0.05, 0.1) is 15.6 Å². The van der Waals surface area contributed by atoms with Crippen LogP contribution in [-0.2, 0) is 14.3 Å². The number of esters is 1. The molecule has 2 aromatic carbocycles. The third-order valence-electron chi connectivity index (χ3n) is 3.18. The van der Waals surface area contributed by atoms with E-state index in [0.717, 1.165) is 11.8 Å². The Morgan fingerprint density at radius 2 is 2.00 bits per heavy atom. The molecule has 0 bridgehead atoms. The van der Waals surface area contributed by atoms with Crippen molar-refractivity contribution in [2.24, 2.45) is 0 Å². The van der Waals surface area contributed by atoms with Gasteiger partial charge in [-0.1, -0.05) is 29.8 Å². The molecule has 0 aliphatic carbocycles. The minimum Gasteiger partial charge on any atom is -0.452 e. The fourth-order valence-corrected chi connectivity index (χ4v) is 2.96. The lowest BCUT2D eigenvalue weighted by Crippen LogP contribution is -2.30. The van der Waals surface area contributed by atoms with Gasteiger partial charge in [-0.3, -0.25) is 19.7 Å². The monoisotopic (exact) mass is 394 g/mol. The SMILES string of the molecule is C[C@H](OC(=O)CSc1ccccc1[N+](=O)[O-])C(=O)Nc1cccc(Cl)c1. The molecule has 1 atom stereocenters. The van der Waals surface area contributed by atoms with Gasteiger partial charge in [-0.05, 0) is 31.2 Å². The Morgan fingerprint density at radius 3 is 2.69 bits per heavy atom. The van der Waals surface area contributed by atoms with Crippen molar-refractivity contribution in [2.75, 3.05) is 11.1 Å². The molecule has 0 saturated heterocycles. The third kappa shape index (κ3) is 5.75. The van der Waals surface area contributed by atoms with Gasteiger partial charge in [-0.15, -0.1) is 11.8 Å². The molecule has 136 valence electrons. The molecule has 0 aromatic heterocycles. The largest absolute Gasteiger partial charge is 0.452 e. The van der Waals surface area contributed by atoms with Crippen LogP contribution in [0.1, 0.15) is 6.92 Å². The van der Waals surface area contributed by atoms with Crippen LogP contribution < -0.4 is 5.32 Å². The zero-order valence-corrected chi connectivity index (χ0v) is 15.3. The molecule has 0 saturated carbocycles. The van der Waals surface area contributed by atoms with Crippen molar-refractivity contribution in [3.63, 3.8) is 0 Å². The molecule has 1 amide bonds. The number of halogens is 1. The van der Waals surface area contributed by atoms with E-state index >= 15 is 0 Å². The Hall–Kier alpha value is -2.58. The number of ether oxygens (including phenoxy) is 1. The highest BCUT2D eigenvalue weighted by Gasteiger charge is 2.20. The van der Waals surface area contributed by atoms with E-state index in [9.17, 15) is 19.7 Å². The molecule has 0 spiro atoms. The number of amides is 1. The predicted octanol–water partition coefficient (Wildman–Crippen LogP) is 3.91. The molecule has 2 aromatic rings. The highest BCUT2D eigenvalue weighted by atomic mass is 35.5. The van der Waals surface area contributed by atoms with Gasteiger partial charge in [0.25, 0.3) is 11.6 Å². The van der Waals surface area contributed by atoms with Crippen LogP contribution in [0, 0.1) is 10.1 Å². The molecule has 1 N–H and O–H groups in total. The van der Waals surface area contributed by atoms with E-state index in [-0.39, 0.29) is 11.4 Å². The maximum absolute atomic E-state index is 12.0. The number of nitro benzene ring substituents is 1. The third-order valence-corrected chi connectivity index (χ3v) is 4.45. The van der Waals surface area contributed by atoms with Crippen LogP contribution in [0.25, 0.3) is 0 Å². The second-order valence-electron chi connectivity index (χ2n) is 5.15. The standard InChI is InChI=1S/C17H15ClN2O5S/c1-11(17(22)19-13-6-4-5-12(18)9-13)25-16(21)10-26-15-8-3-2-7-14(15)20(23)24/h2-9,11H,10H2,1H3,(H,19,22)/t11-/m0/s1. The highest BCUT2D eigenvalue weighted by molar-refractivity contribution is 8.00. The van der Waals surface area contributed by atoms with Crippen LogP contribution >= 0.6 is 23.4 Å². The average Bonchev–Trinajstić information content (AvgIpc) is 2.60. The molecule has 9 heteroatoms. The van der Waals surface area contributed by atoms with Crippen molar-refractivity contribution in [2.45, 2.75) is 17.9 Å². The molecule has 0 aliphatic heterocycles. The van der Waals surface area contributed by atoms with E-state index in [1.54, 1.807) is 42.5 Å². The Labute approximate surface area is 158 Å².